The molecule has 5 nitrogen and oxygen atoms in total. The van der Waals surface area contributed by atoms with E-state index in [-0.39, 0.29) is 17.2 Å². The first-order valence-corrected chi connectivity index (χ1v) is 3.48. The number of alkyl halides is 3. The number of anilines is 2. The van der Waals surface area contributed by atoms with E-state index in [1.165, 1.54) is 0 Å². The highest BCUT2D eigenvalue weighted by Gasteiger charge is 2.27. The fourth-order valence-electron chi connectivity index (χ4n) is 0.781. The average Bonchev–Trinajstić information content (AvgIpc) is 2.41. The van der Waals surface area contributed by atoms with Crippen molar-refractivity contribution in [3.05, 3.63) is 5.56 Å². The molecular weight excluding hydrogens is 199 g/mol. The second-order valence-corrected chi connectivity index (χ2v) is 2.44. The first-order valence-electron chi connectivity index (χ1n) is 3.48. The number of hydrogen-bond acceptors (Lipinski definition) is 4. The minimum Gasteiger partial charge on any atom is -0.383 e. The van der Waals surface area contributed by atoms with Crippen LogP contribution in [0.25, 0.3) is 0 Å². The van der Waals surface area contributed by atoms with Crippen LogP contribution in [0.3, 0.4) is 0 Å². The number of H-pyrrole nitrogens is 1. The van der Waals surface area contributed by atoms with Crippen molar-refractivity contribution in [1.29, 1.82) is 5.26 Å². The summed E-state index contributed by atoms with van der Waals surface area (Å²) >= 11 is 0. The van der Waals surface area contributed by atoms with Crippen LogP contribution in [0, 0.1) is 11.3 Å². The Bertz CT molecular complexity index is 361. The summed E-state index contributed by atoms with van der Waals surface area (Å²) in [6.45, 7) is -1.26. The predicted molar refractivity (Wildman–Crippen MR) is 42.3 cm³/mol. The van der Waals surface area contributed by atoms with E-state index < -0.39 is 12.7 Å². The molecule has 0 saturated carbocycles. The van der Waals surface area contributed by atoms with E-state index in [9.17, 15) is 13.2 Å². The summed E-state index contributed by atoms with van der Waals surface area (Å²) in [5, 5.41) is 16.1. The summed E-state index contributed by atoms with van der Waals surface area (Å²) in [7, 11) is 0. The van der Waals surface area contributed by atoms with Crippen molar-refractivity contribution in [3.63, 3.8) is 0 Å². The smallest absolute Gasteiger partial charge is 0.383 e. The van der Waals surface area contributed by atoms with Crippen LogP contribution in [0.1, 0.15) is 5.56 Å². The van der Waals surface area contributed by atoms with Crippen LogP contribution in [0.2, 0.25) is 0 Å². The molecule has 0 spiro atoms. The number of rotatable bonds is 2. The fraction of sp³-hybridized carbons (Fsp3) is 0.333. The highest BCUT2D eigenvalue weighted by Crippen LogP contribution is 2.20. The van der Waals surface area contributed by atoms with E-state index in [0.29, 0.717) is 0 Å². The number of nitrogens with zero attached hydrogens (tertiary/aromatic N) is 2. The monoisotopic (exact) mass is 205 g/mol. The normalized spacial score (nSPS) is 11.0. The molecule has 0 aliphatic heterocycles. The van der Waals surface area contributed by atoms with Gasteiger partial charge in [-0.1, -0.05) is 0 Å². The Hall–Kier alpha value is -1.91. The molecule has 76 valence electrons. The number of aromatic nitrogens is 2. The quantitative estimate of drug-likeness (QED) is 0.667. The zero-order valence-electron chi connectivity index (χ0n) is 6.81. The van der Waals surface area contributed by atoms with Crippen molar-refractivity contribution < 1.29 is 13.2 Å². The maximum Gasteiger partial charge on any atom is 0.405 e. The van der Waals surface area contributed by atoms with E-state index in [1.54, 1.807) is 6.07 Å². The SMILES string of the molecule is N#Cc1c(NCC(F)(F)F)n[nH]c1N. The Kier molecular flexibility index (Phi) is 2.51. The van der Waals surface area contributed by atoms with Gasteiger partial charge in [0.05, 0.1) is 0 Å². The fourth-order valence-corrected chi connectivity index (χ4v) is 0.781. The van der Waals surface area contributed by atoms with Crippen molar-refractivity contribution in [2.75, 3.05) is 17.6 Å². The van der Waals surface area contributed by atoms with Crippen LogP contribution in [0.4, 0.5) is 24.8 Å². The number of nitrogen functional groups attached to an aromatic ring is 1. The lowest BCUT2D eigenvalue weighted by molar-refractivity contribution is -0.115. The minimum absolute atomic E-state index is 0.0582. The largest absolute Gasteiger partial charge is 0.405 e. The van der Waals surface area contributed by atoms with E-state index in [4.69, 9.17) is 11.0 Å². The molecule has 1 aromatic heterocycles. The highest BCUT2D eigenvalue weighted by molar-refractivity contribution is 5.62. The van der Waals surface area contributed by atoms with Crippen molar-refractivity contribution in [2.45, 2.75) is 6.18 Å². The Morgan fingerprint density at radius 1 is 1.57 bits per heavy atom. The molecule has 0 unspecified atom stereocenters. The van der Waals surface area contributed by atoms with Gasteiger partial charge in [0.15, 0.2) is 5.82 Å². The lowest BCUT2D eigenvalue weighted by atomic mass is 10.3. The number of hydrogen-bond donors (Lipinski definition) is 3. The summed E-state index contributed by atoms with van der Waals surface area (Å²) in [5.41, 5.74) is 5.11. The van der Waals surface area contributed by atoms with E-state index in [2.05, 4.69) is 10.2 Å². The third-order valence-corrected chi connectivity index (χ3v) is 1.36. The van der Waals surface area contributed by atoms with Crippen LogP contribution in [0.5, 0.6) is 0 Å². The van der Waals surface area contributed by atoms with Gasteiger partial charge in [0.2, 0.25) is 0 Å². The summed E-state index contributed by atoms with van der Waals surface area (Å²) < 4.78 is 35.3. The second kappa shape index (κ2) is 3.45. The molecule has 0 radical (unpaired) electrons. The molecule has 0 fully saturated rings. The Morgan fingerprint density at radius 2 is 2.21 bits per heavy atom. The number of nitriles is 1. The van der Waals surface area contributed by atoms with Crippen molar-refractivity contribution in [3.8, 4) is 6.07 Å². The van der Waals surface area contributed by atoms with Gasteiger partial charge >= 0.3 is 6.18 Å². The van der Waals surface area contributed by atoms with Gasteiger partial charge in [0.25, 0.3) is 0 Å². The van der Waals surface area contributed by atoms with E-state index in [0.717, 1.165) is 0 Å². The number of halogens is 3. The highest BCUT2D eigenvalue weighted by atomic mass is 19.4. The van der Waals surface area contributed by atoms with Gasteiger partial charge in [-0.3, -0.25) is 5.10 Å². The number of nitrogens with one attached hydrogen (secondary N) is 2. The van der Waals surface area contributed by atoms with Crippen LogP contribution < -0.4 is 11.1 Å². The minimum atomic E-state index is -4.36. The molecule has 0 atom stereocenters. The first kappa shape index (κ1) is 10.2. The zero-order chi connectivity index (χ0) is 10.8. The van der Waals surface area contributed by atoms with Crippen molar-refractivity contribution >= 4 is 11.6 Å². The van der Waals surface area contributed by atoms with Gasteiger partial charge in [-0.25, -0.2) is 0 Å². The van der Waals surface area contributed by atoms with Crippen LogP contribution >= 0.6 is 0 Å². The molecule has 14 heavy (non-hydrogen) atoms. The maximum absolute atomic E-state index is 11.8. The number of nitrogens with two attached hydrogens (primary N) is 1. The van der Waals surface area contributed by atoms with Crippen molar-refractivity contribution in [2.24, 2.45) is 0 Å². The molecular formula is C6H6F3N5. The predicted octanol–water partition coefficient (Wildman–Crippen LogP) is 0.838. The van der Waals surface area contributed by atoms with Crippen LogP contribution in [0.15, 0.2) is 0 Å². The standard InChI is InChI=1S/C6H6F3N5/c7-6(8,9)2-12-5-3(1-10)4(11)13-14-5/h2H2,(H4,11,12,13,14). The maximum atomic E-state index is 11.8. The summed E-state index contributed by atoms with van der Waals surface area (Å²) in [6.07, 6.45) is -4.36. The van der Waals surface area contributed by atoms with E-state index >= 15 is 0 Å². The molecule has 0 bridgehead atoms. The molecule has 0 aliphatic rings. The van der Waals surface area contributed by atoms with Gasteiger partial charge in [0, 0.05) is 0 Å². The summed E-state index contributed by atoms with van der Waals surface area (Å²) in [6, 6.07) is 1.63. The zero-order valence-corrected chi connectivity index (χ0v) is 6.81. The Labute approximate surface area is 76.7 Å². The third-order valence-electron chi connectivity index (χ3n) is 1.36. The summed E-state index contributed by atoms with van der Waals surface area (Å²) in [5.74, 6) is -0.250. The summed E-state index contributed by atoms with van der Waals surface area (Å²) in [4.78, 5) is 0. The van der Waals surface area contributed by atoms with Gasteiger partial charge in [0.1, 0.15) is 24.0 Å². The lowest BCUT2D eigenvalue weighted by Crippen LogP contribution is -2.21. The van der Waals surface area contributed by atoms with Crippen LogP contribution in [-0.2, 0) is 0 Å². The molecule has 1 aromatic rings. The van der Waals surface area contributed by atoms with Crippen molar-refractivity contribution in [1.82, 2.24) is 10.2 Å². The molecule has 4 N–H and O–H groups in total. The molecule has 0 saturated heterocycles. The average molecular weight is 205 g/mol. The molecule has 0 aromatic carbocycles. The molecule has 0 aliphatic carbocycles. The van der Waals surface area contributed by atoms with Gasteiger partial charge < -0.3 is 11.1 Å². The molecule has 1 rings (SSSR count). The van der Waals surface area contributed by atoms with E-state index in [1.807, 2.05) is 5.32 Å². The topological polar surface area (TPSA) is 90.5 Å². The van der Waals surface area contributed by atoms with Gasteiger partial charge in [-0.05, 0) is 0 Å². The van der Waals surface area contributed by atoms with Gasteiger partial charge in [-0.2, -0.15) is 23.5 Å². The third kappa shape index (κ3) is 2.29. The molecule has 8 heteroatoms. The van der Waals surface area contributed by atoms with Crippen LogP contribution in [-0.4, -0.2) is 22.9 Å². The lowest BCUT2D eigenvalue weighted by Gasteiger charge is -2.06. The molecule has 0 amide bonds. The first-order chi connectivity index (χ1) is 6.44. The Morgan fingerprint density at radius 3 is 2.71 bits per heavy atom. The number of aromatic amines is 1. The molecule has 1 heterocycles. The van der Waals surface area contributed by atoms with Gasteiger partial charge in [-0.15, -0.1) is 0 Å². The second-order valence-electron chi connectivity index (χ2n) is 2.44. The Balaban J connectivity index is 2.74.